The van der Waals surface area contributed by atoms with Crippen LogP contribution in [0.4, 0.5) is 0 Å². The van der Waals surface area contributed by atoms with Crippen LogP contribution in [0.1, 0.15) is 17.8 Å². The summed E-state index contributed by atoms with van der Waals surface area (Å²) >= 11 is 1.91. The third kappa shape index (κ3) is 7.19. The molecule has 2 N–H and O–H groups in total. The largest absolute Gasteiger partial charge is 0.349 e. The van der Waals surface area contributed by atoms with Gasteiger partial charge in [0.15, 0.2) is 0 Å². The molecule has 5 nitrogen and oxygen atoms in total. The van der Waals surface area contributed by atoms with E-state index in [0.29, 0.717) is 19.0 Å². The number of halogens is 2. The summed E-state index contributed by atoms with van der Waals surface area (Å²) in [6.45, 7) is 2.35. The molecular weight excluding hydrogens is 391 g/mol. The topological polar surface area (TPSA) is 59.0 Å². The summed E-state index contributed by atoms with van der Waals surface area (Å²) in [7, 11) is 0. The molecule has 2 aromatic rings. The van der Waals surface area contributed by atoms with Crippen molar-refractivity contribution in [3.05, 3.63) is 54.1 Å². The first kappa shape index (κ1) is 22.8. The number of imidazole rings is 1. The van der Waals surface area contributed by atoms with Gasteiger partial charge < -0.3 is 15.2 Å². The van der Waals surface area contributed by atoms with Crippen LogP contribution in [0.25, 0.3) is 0 Å². The van der Waals surface area contributed by atoms with Gasteiger partial charge in [0.2, 0.25) is 5.91 Å². The molecule has 0 spiro atoms. The van der Waals surface area contributed by atoms with Gasteiger partial charge in [-0.2, -0.15) is 11.8 Å². The molecule has 0 bridgehead atoms. The number of aromatic nitrogens is 2. The number of rotatable bonds is 7. The van der Waals surface area contributed by atoms with Crippen molar-refractivity contribution in [2.45, 2.75) is 32.0 Å². The average molecular weight is 417 g/mol. The molecule has 0 saturated carbocycles. The molecule has 1 aliphatic rings. The van der Waals surface area contributed by atoms with E-state index in [-0.39, 0.29) is 30.7 Å². The van der Waals surface area contributed by atoms with Gasteiger partial charge in [0.25, 0.3) is 0 Å². The highest BCUT2D eigenvalue weighted by atomic mass is 35.5. The number of hydrogen-bond acceptors (Lipinski definition) is 4. The molecule has 8 heteroatoms. The Morgan fingerprint density at radius 3 is 2.85 bits per heavy atom. The van der Waals surface area contributed by atoms with Gasteiger partial charge in [-0.15, -0.1) is 24.8 Å². The summed E-state index contributed by atoms with van der Waals surface area (Å²) in [5, 5.41) is 6.39. The van der Waals surface area contributed by atoms with Crippen LogP contribution in [0, 0.1) is 0 Å². The van der Waals surface area contributed by atoms with Gasteiger partial charge in [-0.05, 0) is 12.0 Å². The number of nitrogens with one attached hydrogen (secondary N) is 2. The molecule has 1 unspecified atom stereocenters. The maximum atomic E-state index is 12.1. The number of carbonyl (C=O) groups is 1. The highest BCUT2D eigenvalue weighted by Crippen LogP contribution is 2.10. The summed E-state index contributed by atoms with van der Waals surface area (Å²) in [5.41, 5.74) is 1.31. The molecule has 144 valence electrons. The van der Waals surface area contributed by atoms with Gasteiger partial charge in [0.05, 0.1) is 6.54 Å². The second-order valence-electron chi connectivity index (χ2n) is 5.98. The second-order valence-corrected chi connectivity index (χ2v) is 7.13. The minimum atomic E-state index is 0. The number of nitrogens with zero attached hydrogens (tertiary/aromatic N) is 2. The first-order chi connectivity index (χ1) is 11.8. The normalized spacial score (nSPS) is 16.2. The Kier molecular flexibility index (Phi) is 10.7. The van der Waals surface area contributed by atoms with Crippen molar-refractivity contribution >= 4 is 42.5 Å². The number of benzene rings is 1. The molecule has 1 aromatic carbocycles. The Morgan fingerprint density at radius 2 is 2.12 bits per heavy atom. The van der Waals surface area contributed by atoms with Crippen molar-refractivity contribution in [1.82, 2.24) is 20.2 Å². The number of carbonyl (C=O) groups excluding carboxylic acids is 1. The Bertz CT molecular complexity index is 648. The Morgan fingerprint density at radius 1 is 1.31 bits per heavy atom. The fourth-order valence-electron chi connectivity index (χ4n) is 2.83. The zero-order valence-electron chi connectivity index (χ0n) is 14.6. The smallest absolute Gasteiger partial charge is 0.221 e. The predicted octanol–water partition coefficient (Wildman–Crippen LogP) is 2.68. The third-order valence-electron chi connectivity index (χ3n) is 4.16. The molecule has 1 fully saturated rings. The lowest BCUT2D eigenvalue weighted by molar-refractivity contribution is -0.121. The van der Waals surface area contributed by atoms with Gasteiger partial charge in [0.1, 0.15) is 5.82 Å². The average Bonchev–Trinajstić information content (AvgIpc) is 3.07. The lowest BCUT2D eigenvalue weighted by Crippen LogP contribution is -2.41. The highest BCUT2D eigenvalue weighted by molar-refractivity contribution is 7.99. The zero-order valence-corrected chi connectivity index (χ0v) is 17.0. The van der Waals surface area contributed by atoms with E-state index in [1.807, 2.05) is 24.0 Å². The Labute approximate surface area is 171 Å². The van der Waals surface area contributed by atoms with Gasteiger partial charge in [-0.3, -0.25) is 4.79 Å². The van der Waals surface area contributed by atoms with Crippen LogP contribution < -0.4 is 10.6 Å². The van der Waals surface area contributed by atoms with Crippen LogP contribution in [0.5, 0.6) is 0 Å². The second kappa shape index (κ2) is 12.2. The maximum Gasteiger partial charge on any atom is 0.221 e. The van der Waals surface area contributed by atoms with E-state index >= 15 is 0 Å². The van der Waals surface area contributed by atoms with Crippen LogP contribution >= 0.6 is 36.6 Å². The van der Waals surface area contributed by atoms with E-state index in [9.17, 15) is 4.79 Å². The van der Waals surface area contributed by atoms with Gasteiger partial charge in [-0.1, -0.05) is 30.3 Å². The summed E-state index contributed by atoms with van der Waals surface area (Å²) in [6, 6.07) is 10.7. The fourth-order valence-corrected chi connectivity index (χ4v) is 3.78. The molecule has 0 radical (unpaired) electrons. The number of aryl methyl sites for hydroxylation is 2. The molecule has 26 heavy (non-hydrogen) atoms. The molecular formula is C18H26Cl2N4OS. The standard InChI is InChI=1S/C18H24N4OS.2ClH/c23-18(12-16-14-24-11-8-19-16)21-13-17-20-7-10-22(17)9-6-15-4-2-1-3-5-15;;/h1-5,7,10,16,19H,6,8-9,11-14H2,(H,21,23);2*1H. The molecule has 2 heterocycles. The SMILES string of the molecule is Cl.Cl.O=C(CC1CSCCN1)NCc1nccn1CCc1ccccc1. The molecule has 1 atom stereocenters. The lowest BCUT2D eigenvalue weighted by Gasteiger charge is -2.22. The molecule has 3 rings (SSSR count). The van der Waals surface area contributed by atoms with E-state index in [0.717, 1.165) is 36.8 Å². The molecule has 1 saturated heterocycles. The van der Waals surface area contributed by atoms with Crippen molar-refractivity contribution in [2.75, 3.05) is 18.1 Å². The van der Waals surface area contributed by atoms with Crippen LogP contribution in [-0.4, -0.2) is 39.6 Å². The van der Waals surface area contributed by atoms with Crippen LogP contribution in [-0.2, 0) is 24.3 Å². The summed E-state index contributed by atoms with van der Waals surface area (Å²) in [5.74, 6) is 3.15. The van der Waals surface area contributed by atoms with E-state index in [4.69, 9.17) is 0 Å². The van der Waals surface area contributed by atoms with Crippen LogP contribution in [0.3, 0.4) is 0 Å². The first-order valence-corrected chi connectivity index (χ1v) is 9.58. The van der Waals surface area contributed by atoms with Crippen molar-refractivity contribution in [3.8, 4) is 0 Å². The zero-order chi connectivity index (χ0) is 16.6. The summed E-state index contributed by atoms with van der Waals surface area (Å²) in [6.07, 6.45) is 5.27. The molecule has 0 aliphatic carbocycles. The number of thioether (sulfide) groups is 1. The van der Waals surface area contributed by atoms with E-state index in [2.05, 4.69) is 44.5 Å². The van der Waals surface area contributed by atoms with E-state index in [1.54, 1.807) is 6.20 Å². The van der Waals surface area contributed by atoms with Crippen molar-refractivity contribution in [3.63, 3.8) is 0 Å². The summed E-state index contributed by atoms with van der Waals surface area (Å²) < 4.78 is 2.11. The molecule has 1 aromatic heterocycles. The Hall–Kier alpha value is -1.21. The highest BCUT2D eigenvalue weighted by Gasteiger charge is 2.16. The van der Waals surface area contributed by atoms with E-state index in [1.165, 1.54) is 5.56 Å². The fraction of sp³-hybridized carbons (Fsp3) is 0.444. The lowest BCUT2D eigenvalue weighted by atomic mass is 10.1. The Balaban J connectivity index is 0.00000169. The first-order valence-electron chi connectivity index (χ1n) is 8.43. The monoisotopic (exact) mass is 416 g/mol. The maximum absolute atomic E-state index is 12.1. The third-order valence-corrected chi connectivity index (χ3v) is 5.29. The minimum absolute atomic E-state index is 0. The van der Waals surface area contributed by atoms with Crippen molar-refractivity contribution in [2.24, 2.45) is 0 Å². The minimum Gasteiger partial charge on any atom is -0.349 e. The number of amides is 1. The predicted molar refractivity (Wildman–Crippen MR) is 112 cm³/mol. The molecule has 1 aliphatic heterocycles. The van der Waals surface area contributed by atoms with Crippen LogP contribution in [0.2, 0.25) is 0 Å². The van der Waals surface area contributed by atoms with E-state index < -0.39 is 0 Å². The number of hydrogen-bond donors (Lipinski definition) is 2. The van der Waals surface area contributed by atoms with Gasteiger partial charge in [0, 0.05) is 49.5 Å². The van der Waals surface area contributed by atoms with Crippen LogP contribution in [0.15, 0.2) is 42.7 Å². The summed E-state index contributed by atoms with van der Waals surface area (Å²) in [4.78, 5) is 16.5. The van der Waals surface area contributed by atoms with Crippen molar-refractivity contribution in [1.29, 1.82) is 0 Å². The van der Waals surface area contributed by atoms with Gasteiger partial charge in [-0.25, -0.2) is 4.98 Å². The van der Waals surface area contributed by atoms with Crippen molar-refractivity contribution < 1.29 is 4.79 Å². The quantitative estimate of drug-likeness (QED) is 0.728. The van der Waals surface area contributed by atoms with Gasteiger partial charge >= 0.3 is 0 Å². The molecule has 1 amide bonds.